The van der Waals surface area contributed by atoms with Gasteiger partial charge in [-0.2, -0.15) is 0 Å². The zero-order chi connectivity index (χ0) is 14.7. The van der Waals surface area contributed by atoms with Crippen molar-refractivity contribution >= 4 is 11.7 Å². The fourth-order valence-electron chi connectivity index (χ4n) is 3.51. The molecule has 4 heteroatoms. The van der Waals surface area contributed by atoms with Crippen LogP contribution in [0.5, 0.6) is 0 Å². The maximum Gasteiger partial charge on any atom is 0.310 e. The molecule has 0 aromatic heterocycles. The summed E-state index contributed by atoms with van der Waals surface area (Å²) < 4.78 is 11.5. The molecule has 1 aliphatic heterocycles. The van der Waals surface area contributed by atoms with Crippen LogP contribution in [0.1, 0.15) is 44.1 Å². The van der Waals surface area contributed by atoms with Crippen molar-refractivity contribution in [2.75, 3.05) is 12.3 Å². The lowest BCUT2D eigenvalue weighted by atomic mass is 9.98. The Hall–Kier alpha value is -1.55. The minimum absolute atomic E-state index is 0.0768. The summed E-state index contributed by atoms with van der Waals surface area (Å²) in [5.74, 6) is -0.212. The molecule has 2 aliphatic rings. The molecule has 1 aliphatic carbocycles. The lowest BCUT2D eigenvalue weighted by Crippen LogP contribution is -2.27. The summed E-state index contributed by atoms with van der Waals surface area (Å²) in [6, 6.07) is 7.35. The number of ether oxygens (including phenoxy) is 2. The highest BCUT2D eigenvalue weighted by atomic mass is 16.6. The zero-order valence-corrected chi connectivity index (χ0v) is 12.3. The Labute approximate surface area is 125 Å². The van der Waals surface area contributed by atoms with Gasteiger partial charge in [0.25, 0.3) is 0 Å². The summed E-state index contributed by atoms with van der Waals surface area (Å²) in [4.78, 5) is 11.9. The number of hydrogen-bond acceptors (Lipinski definition) is 4. The van der Waals surface area contributed by atoms with E-state index in [1.807, 2.05) is 18.2 Å². The van der Waals surface area contributed by atoms with Gasteiger partial charge in [0.2, 0.25) is 0 Å². The third-order valence-corrected chi connectivity index (χ3v) is 4.58. The van der Waals surface area contributed by atoms with Crippen molar-refractivity contribution in [1.29, 1.82) is 0 Å². The minimum atomic E-state index is -0.212. The first-order valence-corrected chi connectivity index (χ1v) is 7.83. The zero-order valence-electron chi connectivity index (χ0n) is 12.3. The van der Waals surface area contributed by atoms with Crippen LogP contribution in [0.3, 0.4) is 0 Å². The Morgan fingerprint density at radius 3 is 2.90 bits per heavy atom. The first-order valence-electron chi connectivity index (χ1n) is 7.83. The van der Waals surface area contributed by atoms with Crippen molar-refractivity contribution in [2.45, 2.75) is 56.7 Å². The first kappa shape index (κ1) is 14.4. The Kier molecular flexibility index (Phi) is 4.15. The summed E-state index contributed by atoms with van der Waals surface area (Å²) in [6.45, 7) is 0.378. The molecule has 1 spiro atoms. The second kappa shape index (κ2) is 6.06. The van der Waals surface area contributed by atoms with E-state index in [0.29, 0.717) is 12.3 Å². The number of esters is 1. The Morgan fingerprint density at radius 1 is 1.33 bits per heavy atom. The molecule has 1 atom stereocenters. The molecule has 1 heterocycles. The van der Waals surface area contributed by atoms with Gasteiger partial charge in [-0.3, -0.25) is 4.79 Å². The molecule has 21 heavy (non-hydrogen) atoms. The number of nitrogen functional groups attached to an aromatic ring is 1. The molecular weight excluding hydrogens is 266 g/mol. The van der Waals surface area contributed by atoms with Crippen molar-refractivity contribution in [3.8, 4) is 0 Å². The Balaban J connectivity index is 1.44. The van der Waals surface area contributed by atoms with Gasteiger partial charge < -0.3 is 15.2 Å². The van der Waals surface area contributed by atoms with Gasteiger partial charge in [0, 0.05) is 5.69 Å². The van der Waals surface area contributed by atoms with E-state index < -0.39 is 0 Å². The van der Waals surface area contributed by atoms with Crippen LogP contribution in [0.4, 0.5) is 5.69 Å². The van der Waals surface area contributed by atoms with E-state index in [0.717, 1.165) is 18.4 Å². The molecule has 1 saturated heterocycles. The van der Waals surface area contributed by atoms with E-state index in [9.17, 15) is 4.79 Å². The maximum atomic E-state index is 11.9. The largest absolute Gasteiger partial charge is 0.463 e. The lowest BCUT2D eigenvalue weighted by molar-refractivity contribution is -0.148. The van der Waals surface area contributed by atoms with Crippen LogP contribution in [-0.2, 0) is 20.7 Å². The topological polar surface area (TPSA) is 61.6 Å². The number of carbonyl (C=O) groups excluding carboxylic acids is 1. The SMILES string of the molecule is Nc1cccc(CC(=O)OCC2CCC3(CCCC3)O2)c1. The van der Waals surface area contributed by atoms with Crippen molar-refractivity contribution in [1.82, 2.24) is 0 Å². The monoisotopic (exact) mass is 289 g/mol. The molecule has 2 N–H and O–H groups in total. The van der Waals surface area contributed by atoms with E-state index >= 15 is 0 Å². The molecule has 0 radical (unpaired) electrons. The highest BCUT2D eigenvalue weighted by molar-refractivity contribution is 5.73. The van der Waals surface area contributed by atoms with Crippen molar-refractivity contribution < 1.29 is 14.3 Å². The number of nitrogens with two attached hydrogens (primary N) is 1. The summed E-state index contributed by atoms with van der Waals surface area (Å²) in [5, 5.41) is 0. The van der Waals surface area contributed by atoms with E-state index in [2.05, 4.69) is 0 Å². The molecule has 114 valence electrons. The van der Waals surface area contributed by atoms with Gasteiger partial charge in [-0.1, -0.05) is 25.0 Å². The average Bonchev–Trinajstić information content (AvgIpc) is 3.07. The molecule has 1 saturated carbocycles. The van der Waals surface area contributed by atoms with Crippen LogP contribution in [0.2, 0.25) is 0 Å². The molecule has 1 aromatic carbocycles. The first-order chi connectivity index (χ1) is 10.2. The maximum absolute atomic E-state index is 11.9. The van der Waals surface area contributed by atoms with Gasteiger partial charge in [0.05, 0.1) is 18.1 Å². The summed E-state index contributed by atoms with van der Waals surface area (Å²) in [5.41, 5.74) is 7.36. The third-order valence-electron chi connectivity index (χ3n) is 4.58. The normalized spacial score (nSPS) is 23.5. The number of benzene rings is 1. The van der Waals surface area contributed by atoms with E-state index in [-0.39, 0.29) is 24.1 Å². The van der Waals surface area contributed by atoms with Crippen LogP contribution in [0, 0.1) is 0 Å². The molecule has 3 rings (SSSR count). The molecule has 2 fully saturated rings. The molecule has 0 amide bonds. The summed E-state index contributed by atoms with van der Waals surface area (Å²) in [7, 11) is 0. The standard InChI is InChI=1S/C17H23NO3/c18-14-5-3-4-13(10-14)11-16(19)20-12-15-6-9-17(21-15)7-1-2-8-17/h3-5,10,15H,1-2,6-9,11-12,18H2. The van der Waals surface area contributed by atoms with Crippen LogP contribution in [-0.4, -0.2) is 24.3 Å². The summed E-state index contributed by atoms with van der Waals surface area (Å²) >= 11 is 0. The van der Waals surface area contributed by atoms with Crippen LogP contribution >= 0.6 is 0 Å². The van der Waals surface area contributed by atoms with Crippen LogP contribution < -0.4 is 5.73 Å². The number of carbonyl (C=O) groups is 1. The molecule has 1 aromatic rings. The van der Waals surface area contributed by atoms with Gasteiger partial charge in [0.1, 0.15) is 6.61 Å². The number of anilines is 1. The van der Waals surface area contributed by atoms with Gasteiger partial charge in [-0.05, 0) is 43.4 Å². The van der Waals surface area contributed by atoms with Gasteiger partial charge in [-0.25, -0.2) is 0 Å². The van der Waals surface area contributed by atoms with Gasteiger partial charge >= 0.3 is 5.97 Å². The van der Waals surface area contributed by atoms with Gasteiger partial charge in [0.15, 0.2) is 0 Å². The molecular formula is C17H23NO3. The van der Waals surface area contributed by atoms with Crippen molar-refractivity contribution in [3.05, 3.63) is 29.8 Å². The summed E-state index contributed by atoms with van der Waals surface area (Å²) in [6.07, 6.45) is 7.33. The second-order valence-corrected chi connectivity index (χ2v) is 6.27. The van der Waals surface area contributed by atoms with E-state index in [4.69, 9.17) is 15.2 Å². The fraction of sp³-hybridized carbons (Fsp3) is 0.588. The molecule has 0 bridgehead atoms. The van der Waals surface area contributed by atoms with Crippen LogP contribution in [0.25, 0.3) is 0 Å². The van der Waals surface area contributed by atoms with Crippen LogP contribution in [0.15, 0.2) is 24.3 Å². The minimum Gasteiger partial charge on any atom is -0.463 e. The van der Waals surface area contributed by atoms with Gasteiger partial charge in [-0.15, -0.1) is 0 Å². The molecule has 4 nitrogen and oxygen atoms in total. The lowest BCUT2D eigenvalue weighted by Gasteiger charge is -2.23. The smallest absolute Gasteiger partial charge is 0.310 e. The highest BCUT2D eigenvalue weighted by Gasteiger charge is 2.42. The van der Waals surface area contributed by atoms with E-state index in [1.165, 1.54) is 25.7 Å². The predicted molar refractivity (Wildman–Crippen MR) is 80.8 cm³/mol. The van der Waals surface area contributed by atoms with Crippen molar-refractivity contribution in [3.63, 3.8) is 0 Å². The van der Waals surface area contributed by atoms with Crippen molar-refractivity contribution in [2.24, 2.45) is 0 Å². The Bertz CT molecular complexity index is 509. The molecule has 1 unspecified atom stereocenters. The number of hydrogen-bond donors (Lipinski definition) is 1. The average molecular weight is 289 g/mol. The third kappa shape index (κ3) is 3.56. The highest BCUT2D eigenvalue weighted by Crippen LogP contribution is 2.43. The second-order valence-electron chi connectivity index (χ2n) is 6.27. The fourth-order valence-corrected chi connectivity index (χ4v) is 3.51. The Morgan fingerprint density at radius 2 is 2.14 bits per heavy atom. The number of rotatable bonds is 4. The quantitative estimate of drug-likeness (QED) is 0.684. The predicted octanol–water partition coefficient (Wildman–Crippen LogP) is 2.85. The van der Waals surface area contributed by atoms with E-state index in [1.54, 1.807) is 6.07 Å².